The van der Waals surface area contributed by atoms with Crippen molar-refractivity contribution in [2.75, 3.05) is 27.3 Å². The van der Waals surface area contributed by atoms with Gasteiger partial charge in [-0.15, -0.1) is 0 Å². The first kappa shape index (κ1) is 25.5. The predicted molar refractivity (Wildman–Crippen MR) is 142 cm³/mol. The first-order chi connectivity index (χ1) is 17.5. The molecule has 1 aliphatic heterocycles. The number of pyridine rings is 1. The third kappa shape index (κ3) is 5.77. The Kier molecular flexibility index (Phi) is 8.39. The van der Waals surface area contributed by atoms with Crippen LogP contribution in [0.3, 0.4) is 0 Å². The maximum Gasteiger partial charge on any atom is 0.271 e. The number of methoxy groups -OCH3 is 1. The van der Waals surface area contributed by atoms with Crippen LogP contribution in [0.4, 0.5) is 0 Å². The third-order valence-corrected chi connectivity index (χ3v) is 6.66. The lowest BCUT2D eigenvalue weighted by molar-refractivity contribution is -0.119. The summed E-state index contributed by atoms with van der Waals surface area (Å²) in [5, 5.41) is 2.95. The van der Waals surface area contributed by atoms with Gasteiger partial charge < -0.3 is 19.7 Å². The molecule has 36 heavy (non-hydrogen) atoms. The fraction of sp³-hybridized carbons (Fsp3) is 0.333. The van der Waals surface area contributed by atoms with Crippen LogP contribution < -0.4 is 5.32 Å². The van der Waals surface area contributed by atoms with Crippen molar-refractivity contribution in [2.24, 2.45) is 0 Å². The zero-order chi connectivity index (χ0) is 25.5. The van der Waals surface area contributed by atoms with E-state index >= 15 is 0 Å². The molecule has 2 aromatic carbocycles. The molecule has 0 saturated heterocycles. The summed E-state index contributed by atoms with van der Waals surface area (Å²) in [7, 11) is 3.55. The quantitative estimate of drug-likeness (QED) is 0.414. The number of benzene rings is 2. The van der Waals surface area contributed by atoms with Gasteiger partial charge in [-0.2, -0.15) is 0 Å². The number of rotatable bonds is 10. The number of aryl methyl sites for hydroxylation is 1. The largest absolute Gasteiger partial charge is 0.484 e. The van der Waals surface area contributed by atoms with Crippen LogP contribution in [0.2, 0.25) is 0 Å². The lowest BCUT2D eigenvalue weighted by Gasteiger charge is -2.36. The summed E-state index contributed by atoms with van der Waals surface area (Å²) in [6, 6.07) is 20.8. The van der Waals surface area contributed by atoms with Crippen molar-refractivity contribution in [3.63, 3.8) is 0 Å². The number of aromatic nitrogens is 1. The van der Waals surface area contributed by atoms with Crippen LogP contribution in [0, 0.1) is 0 Å². The molecular formula is C30H35N3O3. The SMILES string of the molecule is CCc1ccc(Cc2cnc3c(c2)C(C)N(C)C(C(=O)NCCOC)=C3OCc2ccccc2)cc1. The average Bonchev–Trinajstić information content (AvgIpc) is 2.91. The molecule has 1 aliphatic rings. The van der Waals surface area contributed by atoms with Gasteiger partial charge in [0.25, 0.3) is 5.91 Å². The molecule has 4 rings (SSSR count). The van der Waals surface area contributed by atoms with E-state index in [0.29, 0.717) is 31.2 Å². The number of amides is 1. The summed E-state index contributed by atoms with van der Waals surface area (Å²) in [4.78, 5) is 20.1. The van der Waals surface area contributed by atoms with E-state index in [4.69, 9.17) is 14.5 Å². The Bertz CT molecular complexity index is 1210. The molecule has 6 nitrogen and oxygen atoms in total. The fourth-order valence-electron chi connectivity index (χ4n) is 4.42. The van der Waals surface area contributed by atoms with Crippen LogP contribution in [0.15, 0.2) is 72.6 Å². The minimum Gasteiger partial charge on any atom is -0.484 e. The Labute approximate surface area is 214 Å². The normalized spacial score (nSPS) is 15.0. The van der Waals surface area contributed by atoms with E-state index < -0.39 is 0 Å². The Morgan fingerprint density at radius 2 is 1.75 bits per heavy atom. The molecule has 1 atom stereocenters. The predicted octanol–water partition coefficient (Wildman–Crippen LogP) is 4.89. The molecule has 1 aromatic heterocycles. The van der Waals surface area contributed by atoms with E-state index in [2.05, 4.69) is 49.5 Å². The van der Waals surface area contributed by atoms with Gasteiger partial charge in [-0.1, -0.05) is 61.5 Å². The Morgan fingerprint density at radius 3 is 2.44 bits per heavy atom. The monoisotopic (exact) mass is 485 g/mol. The molecule has 0 spiro atoms. The van der Waals surface area contributed by atoms with Crippen LogP contribution in [0.5, 0.6) is 0 Å². The van der Waals surface area contributed by atoms with Gasteiger partial charge in [-0.25, -0.2) is 0 Å². The van der Waals surface area contributed by atoms with E-state index in [-0.39, 0.29) is 11.9 Å². The van der Waals surface area contributed by atoms with Gasteiger partial charge >= 0.3 is 0 Å². The van der Waals surface area contributed by atoms with Crippen molar-refractivity contribution < 1.29 is 14.3 Å². The maximum atomic E-state index is 13.2. The molecular weight excluding hydrogens is 450 g/mol. The highest BCUT2D eigenvalue weighted by atomic mass is 16.5. The number of carbonyl (C=O) groups is 1. The van der Waals surface area contributed by atoms with Crippen LogP contribution in [-0.4, -0.2) is 43.1 Å². The summed E-state index contributed by atoms with van der Waals surface area (Å²) in [5.74, 6) is 0.306. The van der Waals surface area contributed by atoms with Gasteiger partial charge in [0.1, 0.15) is 18.0 Å². The first-order valence-corrected chi connectivity index (χ1v) is 12.5. The molecule has 1 N–H and O–H groups in total. The van der Waals surface area contributed by atoms with E-state index in [0.717, 1.165) is 35.2 Å². The number of likely N-dealkylation sites (N-methyl/N-ethyl adjacent to an activating group) is 1. The van der Waals surface area contributed by atoms with Gasteiger partial charge in [0.05, 0.1) is 12.6 Å². The Morgan fingerprint density at radius 1 is 1.03 bits per heavy atom. The fourth-order valence-corrected chi connectivity index (χ4v) is 4.42. The second-order valence-electron chi connectivity index (χ2n) is 9.12. The van der Waals surface area contributed by atoms with Crippen molar-refractivity contribution >= 4 is 11.7 Å². The number of carbonyl (C=O) groups excluding carboxylic acids is 1. The Balaban J connectivity index is 1.68. The number of hydrogen-bond donors (Lipinski definition) is 1. The van der Waals surface area contributed by atoms with Crippen LogP contribution in [0.1, 0.15) is 53.4 Å². The zero-order valence-corrected chi connectivity index (χ0v) is 21.6. The standard InChI is InChI=1S/C30H35N3O3/c1-5-22-11-13-23(14-12-22)17-25-18-26-21(2)33(3)28(30(34)31-15-16-35-4)29(27(26)32-19-25)36-20-24-9-7-6-8-10-24/h6-14,18-19,21H,5,15-17,20H2,1-4H3,(H,31,34). The maximum absolute atomic E-state index is 13.2. The number of nitrogens with zero attached hydrogens (tertiary/aromatic N) is 2. The minimum atomic E-state index is -0.197. The van der Waals surface area contributed by atoms with E-state index in [1.807, 2.05) is 48.5 Å². The first-order valence-electron chi connectivity index (χ1n) is 12.5. The van der Waals surface area contributed by atoms with Crippen LogP contribution in [-0.2, 0) is 33.7 Å². The smallest absolute Gasteiger partial charge is 0.271 e. The molecule has 6 heteroatoms. The molecule has 1 amide bonds. The Hall–Kier alpha value is -3.64. The summed E-state index contributed by atoms with van der Waals surface area (Å²) < 4.78 is 11.4. The van der Waals surface area contributed by atoms with Gasteiger partial charge in [-0.3, -0.25) is 9.78 Å². The third-order valence-electron chi connectivity index (χ3n) is 6.66. The van der Waals surface area contributed by atoms with Crippen molar-refractivity contribution in [3.05, 3.63) is 106 Å². The number of ether oxygens (including phenoxy) is 2. The van der Waals surface area contributed by atoms with Crippen LogP contribution >= 0.6 is 0 Å². The highest BCUT2D eigenvalue weighted by molar-refractivity contribution is 6.00. The molecule has 0 saturated carbocycles. The molecule has 0 bridgehead atoms. The lowest BCUT2D eigenvalue weighted by Crippen LogP contribution is -2.39. The second-order valence-corrected chi connectivity index (χ2v) is 9.12. The van der Waals surface area contributed by atoms with Crippen molar-refractivity contribution in [2.45, 2.75) is 39.3 Å². The zero-order valence-electron chi connectivity index (χ0n) is 21.6. The molecule has 188 valence electrons. The molecule has 3 aromatic rings. The highest BCUT2D eigenvalue weighted by Crippen LogP contribution is 2.38. The number of fused-ring (bicyclic) bond motifs is 1. The molecule has 0 fully saturated rings. The summed E-state index contributed by atoms with van der Waals surface area (Å²) in [5.41, 5.74) is 7.00. The van der Waals surface area contributed by atoms with Crippen LogP contribution in [0.25, 0.3) is 5.76 Å². The average molecular weight is 486 g/mol. The topological polar surface area (TPSA) is 63.7 Å². The number of nitrogens with one attached hydrogen (secondary N) is 1. The van der Waals surface area contributed by atoms with E-state index in [9.17, 15) is 4.79 Å². The van der Waals surface area contributed by atoms with Crippen molar-refractivity contribution in [3.8, 4) is 0 Å². The van der Waals surface area contributed by atoms with Gasteiger partial charge in [0.2, 0.25) is 0 Å². The summed E-state index contributed by atoms with van der Waals surface area (Å²) >= 11 is 0. The van der Waals surface area contributed by atoms with Gasteiger partial charge in [-0.05, 0) is 48.1 Å². The second kappa shape index (κ2) is 11.9. The molecule has 2 heterocycles. The van der Waals surface area contributed by atoms with Crippen molar-refractivity contribution in [1.82, 2.24) is 15.2 Å². The number of hydrogen-bond acceptors (Lipinski definition) is 5. The van der Waals surface area contributed by atoms with E-state index in [1.165, 1.54) is 11.1 Å². The summed E-state index contributed by atoms with van der Waals surface area (Å²) in [6.07, 6.45) is 3.73. The minimum absolute atomic E-state index is 0.0397. The van der Waals surface area contributed by atoms with Crippen molar-refractivity contribution in [1.29, 1.82) is 0 Å². The summed E-state index contributed by atoms with van der Waals surface area (Å²) in [6.45, 7) is 5.47. The molecule has 1 unspecified atom stereocenters. The highest BCUT2D eigenvalue weighted by Gasteiger charge is 2.34. The molecule has 0 radical (unpaired) electrons. The lowest BCUT2D eigenvalue weighted by atomic mass is 9.94. The van der Waals surface area contributed by atoms with E-state index in [1.54, 1.807) is 7.11 Å². The molecule has 0 aliphatic carbocycles. The van der Waals surface area contributed by atoms with Gasteiger partial charge in [0.15, 0.2) is 5.76 Å². The van der Waals surface area contributed by atoms with Gasteiger partial charge in [0, 0.05) is 32.5 Å².